The Balaban J connectivity index is 3.01. The normalized spacial score (nSPS) is 14.1. The fraction of sp³-hybridized carbons (Fsp3) is 0.300. The van der Waals surface area contributed by atoms with Crippen molar-refractivity contribution >= 4 is 0 Å². The predicted octanol–water partition coefficient (Wildman–Crippen LogP) is 2.62. The summed E-state index contributed by atoms with van der Waals surface area (Å²) in [5.41, 5.74) is -0.320. The summed E-state index contributed by atoms with van der Waals surface area (Å²) < 4.78 is 36.8. The van der Waals surface area contributed by atoms with Gasteiger partial charge in [0.1, 0.15) is 0 Å². The summed E-state index contributed by atoms with van der Waals surface area (Å²) in [6, 6.07) is 4.83. The second kappa shape index (κ2) is 4.00. The molecule has 0 aromatic heterocycles. The minimum atomic E-state index is -4.34. The molecular weight excluding hydrogens is 193 g/mol. The van der Waals surface area contributed by atoms with Gasteiger partial charge in [-0.1, -0.05) is 18.2 Å². The van der Waals surface area contributed by atoms with Crippen molar-refractivity contribution < 1.29 is 18.3 Å². The molecule has 4 heteroatoms. The molecule has 1 rings (SSSR count). The Morgan fingerprint density at radius 2 is 2.00 bits per heavy atom. The van der Waals surface area contributed by atoms with Crippen molar-refractivity contribution in [2.75, 3.05) is 6.61 Å². The first kappa shape index (κ1) is 11.0. The van der Waals surface area contributed by atoms with Gasteiger partial charge >= 0.3 is 6.18 Å². The van der Waals surface area contributed by atoms with E-state index in [1.165, 1.54) is 12.1 Å². The monoisotopic (exact) mass is 203 g/mol. The Morgan fingerprint density at radius 1 is 1.36 bits per heavy atom. The maximum atomic E-state index is 12.3. The van der Waals surface area contributed by atoms with Gasteiger partial charge < -0.3 is 5.11 Å². The van der Waals surface area contributed by atoms with Crippen LogP contribution in [0.1, 0.15) is 17.0 Å². The van der Waals surface area contributed by atoms with Crippen LogP contribution in [-0.2, 0) is 6.18 Å². The Labute approximate surface area is 80.2 Å². The maximum absolute atomic E-state index is 12.3. The highest BCUT2D eigenvalue weighted by atomic mass is 19.4. The molecule has 1 unspecified atom stereocenters. The molecular formula is C10H10F3O. The van der Waals surface area contributed by atoms with Gasteiger partial charge in [-0.3, -0.25) is 0 Å². The van der Waals surface area contributed by atoms with Crippen LogP contribution in [0, 0.1) is 6.92 Å². The topological polar surface area (TPSA) is 20.2 Å². The number of hydrogen-bond donors (Lipinski definition) is 1. The summed E-state index contributed by atoms with van der Waals surface area (Å²) in [7, 11) is 0. The molecule has 1 atom stereocenters. The van der Waals surface area contributed by atoms with Crippen molar-refractivity contribution in [2.45, 2.75) is 12.1 Å². The first-order valence-electron chi connectivity index (χ1n) is 4.06. The van der Waals surface area contributed by atoms with Gasteiger partial charge in [0.2, 0.25) is 0 Å². The third-order valence-electron chi connectivity index (χ3n) is 1.91. The number of alkyl halides is 3. The zero-order valence-electron chi connectivity index (χ0n) is 7.38. The molecule has 0 heterocycles. The van der Waals surface area contributed by atoms with E-state index < -0.39 is 17.7 Å². The Kier molecular flexibility index (Phi) is 3.16. The smallest absolute Gasteiger partial charge is 0.396 e. The van der Waals surface area contributed by atoms with Crippen molar-refractivity contribution in [1.82, 2.24) is 0 Å². The minimum absolute atomic E-state index is 0.263. The molecule has 0 aliphatic heterocycles. The Bertz CT molecular complexity index is 306. The lowest BCUT2D eigenvalue weighted by Gasteiger charge is -2.11. The molecule has 1 radical (unpaired) electrons. The molecule has 1 N–H and O–H groups in total. The zero-order valence-corrected chi connectivity index (χ0v) is 7.38. The predicted molar refractivity (Wildman–Crippen MR) is 46.6 cm³/mol. The van der Waals surface area contributed by atoms with E-state index in [-0.39, 0.29) is 6.61 Å². The number of halogens is 3. The SMILES string of the molecule is [CH2]C(CO)c1cccc(C(F)(F)F)c1. The zero-order chi connectivity index (χ0) is 10.8. The number of hydrogen-bond acceptors (Lipinski definition) is 1. The van der Waals surface area contributed by atoms with E-state index in [2.05, 4.69) is 6.92 Å². The summed E-state index contributed by atoms with van der Waals surface area (Å²) in [5.74, 6) is -0.516. The lowest BCUT2D eigenvalue weighted by molar-refractivity contribution is -0.137. The van der Waals surface area contributed by atoms with E-state index in [1.807, 2.05) is 0 Å². The van der Waals surface area contributed by atoms with E-state index in [4.69, 9.17) is 5.11 Å². The summed E-state index contributed by atoms with van der Waals surface area (Å²) in [4.78, 5) is 0. The van der Waals surface area contributed by atoms with E-state index in [0.717, 1.165) is 12.1 Å². The van der Waals surface area contributed by atoms with Crippen molar-refractivity contribution in [3.8, 4) is 0 Å². The standard InChI is InChI=1S/C10H10F3O/c1-7(6-14)8-3-2-4-9(5-8)10(11,12)13/h2-5,7,14H,1,6H2. The van der Waals surface area contributed by atoms with Crippen LogP contribution in [0.3, 0.4) is 0 Å². The summed E-state index contributed by atoms with van der Waals surface area (Å²) in [5, 5.41) is 8.74. The van der Waals surface area contributed by atoms with Crippen LogP contribution in [0.25, 0.3) is 0 Å². The molecule has 0 aliphatic rings. The van der Waals surface area contributed by atoms with E-state index >= 15 is 0 Å². The van der Waals surface area contributed by atoms with Crippen molar-refractivity contribution in [3.05, 3.63) is 42.3 Å². The molecule has 0 fully saturated rings. The van der Waals surface area contributed by atoms with Crippen LogP contribution in [-0.4, -0.2) is 11.7 Å². The fourth-order valence-corrected chi connectivity index (χ4v) is 1.07. The molecule has 0 spiro atoms. The van der Waals surface area contributed by atoms with Gasteiger partial charge in [-0.25, -0.2) is 0 Å². The Hall–Kier alpha value is -1.03. The first-order chi connectivity index (χ1) is 6.45. The van der Waals surface area contributed by atoms with Crippen LogP contribution < -0.4 is 0 Å². The molecule has 0 amide bonds. The highest BCUT2D eigenvalue weighted by Gasteiger charge is 2.30. The highest BCUT2D eigenvalue weighted by Crippen LogP contribution is 2.30. The highest BCUT2D eigenvalue weighted by molar-refractivity contribution is 5.28. The van der Waals surface area contributed by atoms with Gasteiger partial charge in [-0.15, -0.1) is 0 Å². The number of aliphatic hydroxyl groups excluding tert-OH is 1. The molecule has 77 valence electrons. The quantitative estimate of drug-likeness (QED) is 0.783. The van der Waals surface area contributed by atoms with E-state index in [1.54, 1.807) is 0 Å². The Morgan fingerprint density at radius 3 is 2.50 bits per heavy atom. The number of benzene rings is 1. The molecule has 1 nitrogen and oxygen atoms in total. The minimum Gasteiger partial charge on any atom is -0.396 e. The van der Waals surface area contributed by atoms with Gasteiger partial charge in [0.15, 0.2) is 0 Å². The number of aliphatic hydroxyl groups is 1. The van der Waals surface area contributed by atoms with Crippen LogP contribution >= 0.6 is 0 Å². The van der Waals surface area contributed by atoms with E-state index in [9.17, 15) is 13.2 Å². The van der Waals surface area contributed by atoms with Crippen molar-refractivity contribution in [3.63, 3.8) is 0 Å². The molecule has 0 aliphatic carbocycles. The van der Waals surface area contributed by atoms with Gasteiger partial charge in [0, 0.05) is 12.5 Å². The molecule has 0 bridgehead atoms. The second-order valence-corrected chi connectivity index (χ2v) is 3.00. The van der Waals surface area contributed by atoms with Crippen LogP contribution in [0.2, 0.25) is 0 Å². The first-order valence-corrected chi connectivity index (χ1v) is 4.06. The van der Waals surface area contributed by atoms with Crippen LogP contribution in [0.15, 0.2) is 24.3 Å². The van der Waals surface area contributed by atoms with Gasteiger partial charge in [-0.2, -0.15) is 13.2 Å². The molecule has 0 saturated heterocycles. The average Bonchev–Trinajstić information content (AvgIpc) is 2.15. The third kappa shape index (κ3) is 2.48. The van der Waals surface area contributed by atoms with E-state index in [0.29, 0.717) is 5.56 Å². The van der Waals surface area contributed by atoms with Crippen LogP contribution in [0.5, 0.6) is 0 Å². The summed E-state index contributed by atoms with van der Waals surface area (Å²) >= 11 is 0. The van der Waals surface area contributed by atoms with Gasteiger partial charge in [-0.05, 0) is 18.6 Å². The summed E-state index contributed by atoms with van der Waals surface area (Å²) in [6.07, 6.45) is -4.34. The van der Waals surface area contributed by atoms with Crippen molar-refractivity contribution in [1.29, 1.82) is 0 Å². The van der Waals surface area contributed by atoms with Crippen molar-refractivity contribution in [2.24, 2.45) is 0 Å². The molecule has 0 saturated carbocycles. The lowest BCUT2D eigenvalue weighted by atomic mass is 10.00. The average molecular weight is 203 g/mol. The largest absolute Gasteiger partial charge is 0.416 e. The third-order valence-corrected chi connectivity index (χ3v) is 1.91. The van der Waals surface area contributed by atoms with Gasteiger partial charge in [0.05, 0.1) is 5.56 Å². The molecule has 1 aromatic rings. The molecule has 14 heavy (non-hydrogen) atoms. The lowest BCUT2D eigenvalue weighted by Crippen LogP contribution is -2.07. The van der Waals surface area contributed by atoms with Gasteiger partial charge in [0.25, 0.3) is 0 Å². The fourth-order valence-electron chi connectivity index (χ4n) is 1.07. The van der Waals surface area contributed by atoms with Crippen LogP contribution in [0.4, 0.5) is 13.2 Å². The second-order valence-electron chi connectivity index (χ2n) is 3.00. The number of rotatable bonds is 2. The summed E-state index contributed by atoms with van der Waals surface area (Å²) in [6.45, 7) is 3.27. The molecule has 1 aromatic carbocycles. The maximum Gasteiger partial charge on any atom is 0.416 e.